The number of alkyl carbamates (subject to hydrolysis) is 1. The largest absolute Gasteiger partial charge is 0.466 e. The molecule has 0 spiro atoms. The Bertz CT molecular complexity index is 898. The highest BCUT2D eigenvalue weighted by Crippen LogP contribution is 2.28. The molecule has 2 unspecified atom stereocenters. The number of nitrogens with one attached hydrogen (secondary N) is 1. The Labute approximate surface area is 196 Å². The molecule has 7 heteroatoms. The number of hydrogen-bond donors (Lipinski definition) is 1. The van der Waals surface area contributed by atoms with E-state index in [0.717, 1.165) is 11.1 Å². The molecule has 3 rings (SSSR count). The van der Waals surface area contributed by atoms with Gasteiger partial charge in [-0.1, -0.05) is 60.7 Å². The maximum Gasteiger partial charge on any atom is 0.407 e. The van der Waals surface area contributed by atoms with E-state index in [4.69, 9.17) is 14.3 Å². The number of rotatable bonds is 8. The van der Waals surface area contributed by atoms with Gasteiger partial charge in [-0.05, 0) is 45.2 Å². The summed E-state index contributed by atoms with van der Waals surface area (Å²) >= 11 is 0. The molecule has 0 bridgehead atoms. The first-order valence-corrected chi connectivity index (χ1v) is 11.4. The number of amides is 1. The highest BCUT2D eigenvalue weighted by Gasteiger charge is 2.45. The molecule has 3 atom stereocenters. The Morgan fingerprint density at radius 3 is 2.24 bits per heavy atom. The van der Waals surface area contributed by atoms with E-state index in [0.29, 0.717) is 19.5 Å². The second kappa shape index (κ2) is 11.3. The number of benzene rings is 2. The minimum atomic E-state index is -0.641. The van der Waals surface area contributed by atoms with Crippen molar-refractivity contribution in [3.05, 3.63) is 71.8 Å². The van der Waals surface area contributed by atoms with Crippen LogP contribution in [0.5, 0.6) is 0 Å². The van der Waals surface area contributed by atoms with E-state index in [2.05, 4.69) is 5.32 Å². The molecule has 0 radical (unpaired) electrons. The van der Waals surface area contributed by atoms with Gasteiger partial charge in [-0.25, -0.2) is 4.79 Å². The van der Waals surface area contributed by atoms with Crippen molar-refractivity contribution in [2.45, 2.75) is 58.4 Å². The Morgan fingerprint density at radius 1 is 1.06 bits per heavy atom. The van der Waals surface area contributed by atoms with Crippen molar-refractivity contribution >= 4 is 12.1 Å². The van der Waals surface area contributed by atoms with Crippen molar-refractivity contribution in [3.63, 3.8) is 0 Å². The van der Waals surface area contributed by atoms with Gasteiger partial charge in [0.1, 0.15) is 17.6 Å². The number of carbonyl (C=O) groups is 2. The van der Waals surface area contributed by atoms with E-state index in [-0.39, 0.29) is 12.6 Å². The SMILES string of the molecule is CCOC(=O)C1CN(Cc2ccccc2)OC1[C@H](Cc1ccccc1)NC(=O)OC(C)(C)C. The lowest BCUT2D eigenvalue weighted by Crippen LogP contribution is -2.50. The predicted molar refractivity (Wildman–Crippen MR) is 125 cm³/mol. The van der Waals surface area contributed by atoms with Crippen LogP contribution < -0.4 is 5.32 Å². The molecule has 0 aromatic heterocycles. The van der Waals surface area contributed by atoms with E-state index >= 15 is 0 Å². The molecule has 1 N–H and O–H groups in total. The van der Waals surface area contributed by atoms with Crippen molar-refractivity contribution < 1.29 is 23.9 Å². The molecule has 33 heavy (non-hydrogen) atoms. The van der Waals surface area contributed by atoms with E-state index in [1.165, 1.54) is 0 Å². The van der Waals surface area contributed by atoms with Crippen LogP contribution in [-0.4, -0.2) is 48.0 Å². The highest BCUT2D eigenvalue weighted by atomic mass is 16.7. The highest BCUT2D eigenvalue weighted by molar-refractivity contribution is 5.74. The standard InChI is InChI=1S/C26H34N2O5/c1-5-31-24(29)21-18-28(17-20-14-10-7-11-15-20)33-23(21)22(16-19-12-8-6-9-13-19)27-25(30)32-26(2,3)4/h6-15,21-23H,5,16-18H2,1-4H3,(H,27,30)/t21?,22-,23?/m0/s1. The van der Waals surface area contributed by atoms with Gasteiger partial charge in [0, 0.05) is 13.1 Å². The number of esters is 1. The lowest BCUT2D eigenvalue weighted by atomic mass is 9.92. The third kappa shape index (κ3) is 7.58. The average molecular weight is 455 g/mol. The van der Waals surface area contributed by atoms with Crippen LogP contribution in [-0.2, 0) is 32.1 Å². The smallest absolute Gasteiger partial charge is 0.407 e. The maximum absolute atomic E-state index is 12.9. The van der Waals surface area contributed by atoms with Gasteiger partial charge in [-0.3, -0.25) is 9.63 Å². The predicted octanol–water partition coefficient (Wildman–Crippen LogP) is 4.12. The van der Waals surface area contributed by atoms with Crippen molar-refractivity contribution in [2.24, 2.45) is 5.92 Å². The molecule has 1 aliphatic rings. The zero-order chi connectivity index (χ0) is 23.8. The fraction of sp³-hybridized carbons (Fsp3) is 0.462. The third-order valence-corrected chi connectivity index (χ3v) is 5.26. The van der Waals surface area contributed by atoms with Crippen LogP contribution in [0.3, 0.4) is 0 Å². The topological polar surface area (TPSA) is 77.1 Å². The second-order valence-corrected chi connectivity index (χ2v) is 9.18. The van der Waals surface area contributed by atoms with Crippen molar-refractivity contribution in [1.82, 2.24) is 10.4 Å². The van der Waals surface area contributed by atoms with Crippen LogP contribution in [0, 0.1) is 5.92 Å². The van der Waals surface area contributed by atoms with Gasteiger partial charge in [0.25, 0.3) is 0 Å². The van der Waals surface area contributed by atoms with Crippen molar-refractivity contribution in [2.75, 3.05) is 13.2 Å². The Balaban J connectivity index is 1.84. The first-order valence-electron chi connectivity index (χ1n) is 11.4. The Morgan fingerprint density at radius 2 is 1.67 bits per heavy atom. The molecule has 2 aromatic carbocycles. The van der Waals surface area contributed by atoms with Gasteiger partial charge in [0.2, 0.25) is 0 Å². The van der Waals surface area contributed by atoms with Gasteiger partial charge in [-0.15, -0.1) is 0 Å². The third-order valence-electron chi connectivity index (χ3n) is 5.26. The molecular weight excluding hydrogens is 420 g/mol. The van der Waals surface area contributed by atoms with Gasteiger partial charge in [-0.2, -0.15) is 5.06 Å². The fourth-order valence-corrected chi connectivity index (χ4v) is 3.89. The fourth-order valence-electron chi connectivity index (χ4n) is 3.89. The van der Waals surface area contributed by atoms with Crippen LogP contribution >= 0.6 is 0 Å². The molecule has 1 heterocycles. The first kappa shape index (κ1) is 24.7. The minimum absolute atomic E-state index is 0.281. The molecule has 178 valence electrons. The molecule has 1 aliphatic heterocycles. The lowest BCUT2D eigenvalue weighted by Gasteiger charge is -2.29. The zero-order valence-corrected chi connectivity index (χ0v) is 19.8. The van der Waals surface area contributed by atoms with Gasteiger partial charge in [0.05, 0.1) is 12.6 Å². The monoisotopic (exact) mass is 454 g/mol. The molecule has 0 aliphatic carbocycles. The number of nitrogens with zero attached hydrogens (tertiary/aromatic N) is 1. The minimum Gasteiger partial charge on any atom is -0.466 e. The van der Waals surface area contributed by atoms with Crippen molar-refractivity contribution in [3.8, 4) is 0 Å². The summed E-state index contributed by atoms with van der Waals surface area (Å²) in [5.41, 5.74) is 1.45. The van der Waals surface area contributed by atoms with Crippen LogP contribution in [0.25, 0.3) is 0 Å². The molecule has 7 nitrogen and oxygen atoms in total. The normalized spacial score (nSPS) is 19.6. The van der Waals surface area contributed by atoms with Crippen LogP contribution in [0.2, 0.25) is 0 Å². The molecule has 1 fully saturated rings. The van der Waals surface area contributed by atoms with E-state index in [1.807, 2.05) is 81.4 Å². The van der Waals surface area contributed by atoms with Gasteiger partial charge >= 0.3 is 12.1 Å². The summed E-state index contributed by atoms with van der Waals surface area (Å²) in [4.78, 5) is 31.8. The maximum atomic E-state index is 12.9. The first-order chi connectivity index (χ1) is 15.7. The summed E-state index contributed by atoms with van der Waals surface area (Å²) in [5, 5.41) is 4.73. The Kier molecular flexibility index (Phi) is 8.47. The molecule has 0 saturated carbocycles. The zero-order valence-electron chi connectivity index (χ0n) is 19.8. The summed E-state index contributed by atoms with van der Waals surface area (Å²) in [6, 6.07) is 19.2. The second-order valence-electron chi connectivity index (χ2n) is 9.18. The number of hydroxylamine groups is 2. The van der Waals surface area contributed by atoms with E-state index < -0.39 is 29.8 Å². The molecule has 1 amide bonds. The summed E-state index contributed by atoms with van der Waals surface area (Å²) in [6.45, 7) is 8.40. The van der Waals surface area contributed by atoms with E-state index in [1.54, 1.807) is 12.0 Å². The van der Waals surface area contributed by atoms with E-state index in [9.17, 15) is 9.59 Å². The molecular formula is C26H34N2O5. The average Bonchev–Trinajstić information content (AvgIpc) is 3.17. The van der Waals surface area contributed by atoms with Crippen LogP contribution in [0.1, 0.15) is 38.8 Å². The summed E-state index contributed by atoms with van der Waals surface area (Å²) in [5.74, 6) is -0.876. The number of hydrogen-bond acceptors (Lipinski definition) is 6. The Hall–Kier alpha value is -2.90. The number of carbonyl (C=O) groups excluding carboxylic acids is 2. The van der Waals surface area contributed by atoms with Crippen LogP contribution in [0.4, 0.5) is 4.79 Å². The van der Waals surface area contributed by atoms with Gasteiger partial charge in [0.15, 0.2) is 0 Å². The summed E-state index contributed by atoms with van der Waals surface area (Å²) in [6.07, 6.45) is -0.656. The number of ether oxygens (including phenoxy) is 2. The van der Waals surface area contributed by atoms with Crippen molar-refractivity contribution in [1.29, 1.82) is 0 Å². The molecule has 2 aromatic rings. The quantitative estimate of drug-likeness (QED) is 0.605. The summed E-state index contributed by atoms with van der Waals surface area (Å²) in [7, 11) is 0. The lowest BCUT2D eigenvalue weighted by molar-refractivity contribution is -0.166. The molecule has 1 saturated heterocycles. The summed E-state index contributed by atoms with van der Waals surface area (Å²) < 4.78 is 10.8. The van der Waals surface area contributed by atoms with Crippen LogP contribution in [0.15, 0.2) is 60.7 Å². The van der Waals surface area contributed by atoms with Gasteiger partial charge < -0.3 is 14.8 Å².